The summed E-state index contributed by atoms with van der Waals surface area (Å²) in [5.41, 5.74) is 6.82. The fourth-order valence-corrected chi connectivity index (χ4v) is 2.29. The summed E-state index contributed by atoms with van der Waals surface area (Å²) in [4.78, 5) is 12.7. The van der Waals surface area contributed by atoms with E-state index in [2.05, 4.69) is 15.0 Å². The van der Waals surface area contributed by atoms with E-state index in [-0.39, 0.29) is 6.04 Å². The van der Waals surface area contributed by atoms with E-state index in [9.17, 15) is 0 Å². The van der Waals surface area contributed by atoms with Crippen LogP contribution in [0.5, 0.6) is 0 Å². The molecule has 0 amide bonds. The first-order chi connectivity index (χ1) is 6.68. The number of imidazole rings is 1. The van der Waals surface area contributed by atoms with Crippen LogP contribution in [0.25, 0.3) is 10.8 Å². The van der Waals surface area contributed by atoms with E-state index >= 15 is 0 Å². The van der Waals surface area contributed by atoms with Crippen molar-refractivity contribution >= 4 is 11.3 Å². The van der Waals surface area contributed by atoms with Gasteiger partial charge >= 0.3 is 0 Å². The maximum Gasteiger partial charge on any atom is 0.166 e. The molecule has 0 saturated carbocycles. The quantitative estimate of drug-likeness (QED) is 0.791. The number of aryl methyl sites for hydroxylation is 1. The Bertz CT molecular complexity index is 416. The van der Waals surface area contributed by atoms with Crippen LogP contribution in [0, 0.1) is 6.92 Å². The molecule has 0 spiro atoms. The Morgan fingerprint density at radius 1 is 1.57 bits per heavy atom. The first-order valence-corrected chi connectivity index (χ1v) is 5.23. The molecule has 0 aromatic carbocycles. The first kappa shape index (κ1) is 9.36. The van der Waals surface area contributed by atoms with Gasteiger partial charge in [-0.1, -0.05) is 0 Å². The number of aromatic nitrogens is 3. The molecule has 2 rings (SSSR count). The average Bonchev–Trinajstić information content (AvgIpc) is 2.70. The molecule has 0 radical (unpaired) electrons. The van der Waals surface area contributed by atoms with Gasteiger partial charge in [0.2, 0.25) is 0 Å². The highest BCUT2D eigenvalue weighted by atomic mass is 32.1. The van der Waals surface area contributed by atoms with Gasteiger partial charge in [-0.15, -0.1) is 11.3 Å². The maximum atomic E-state index is 5.82. The van der Waals surface area contributed by atoms with Gasteiger partial charge in [-0.3, -0.25) is 0 Å². The van der Waals surface area contributed by atoms with Crippen molar-refractivity contribution in [1.29, 1.82) is 0 Å². The number of hydrogen-bond acceptors (Lipinski definition) is 4. The lowest BCUT2D eigenvalue weighted by atomic mass is 10.2. The lowest BCUT2D eigenvalue weighted by molar-refractivity contribution is 0.825. The molecule has 14 heavy (non-hydrogen) atoms. The van der Waals surface area contributed by atoms with E-state index in [1.165, 1.54) is 0 Å². The van der Waals surface area contributed by atoms with Crippen LogP contribution in [0.3, 0.4) is 0 Å². The summed E-state index contributed by atoms with van der Waals surface area (Å²) in [5.74, 6) is 0.810. The second-order valence-electron chi connectivity index (χ2n) is 3.20. The minimum absolute atomic E-state index is 0.0382. The Hall–Kier alpha value is -1.20. The van der Waals surface area contributed by atoms with Crippen molar-refractivity contribution in [3.05, 3.63) is 23.0 Å². The third-order valence-electron chi connectivity index (χ3n) is 1.95. The highest BCUT2D eigenvalue weighted by molar-refractivity contribution is 7.15. The zero-order valence-corrected chi connectivity index (χ0v) is 8.93. The van der Waals surface area contributed by atoms with Crippen LogP contribution in [-0.2, 0) is 0 Å². The highest BCUT2D eigenvalue weighted by Gasteiger charge is 2.13. The number of thiazole rings is 1. The van der Waals surface area contributed by atoms with Crippen LogP contribution >= 0.6 is 11.3 Å². The molecule has 74 valence electrons. The van der Waals surface area contributed by atoms with Gasteiger partial charge in [-0.2, -0.15) is 0 Å². The highest BCUT2D eigenvalue weighted by Crippen LogP contribution is 2.28. The Kier molecular flexibility index (Phi) is 2.35. The average molecular weight is 208 g/mol. The fourth-order valence-electron chi connectivity index (χ4n) is 1.31. The summed E-state index contributed by atoms with van der Waals surface area (Å²) in [6, 6.07) is 0.0382. The molecule has 2 aromatic heterocycles. The van der Waals surface area contributed by atoms with Gasteiger partial charge in [0.05, 0.1) is 5.69 Å². The molecule has 1 unspecified atom stereocenters. The fraction of sp³-hybridized carbons (Fsp3) is 0.333. The third-order valence-corrected chi connectivity index (χ3v) is 3.31. The normalized spacial score (nSPS) is 13.1. The van der Waals surface area contributed by atoms with Crippen molar-refractivity contribution in [1.82, 2.24) is 15.0 Å². The number of aromatic amines is 1. The number of nitrogens with two attached hydrogens (primary N) is 1. The van der Waals surface area contributed by atoms with Crippen LogP contribution < -0.4 is 5.73 Å². The zero-order valence-electron chi connectivity index (χ0n) is 8.11. The van der Waals surface area contributed by atoms with Crippen LogP contribution in [0.1, 0.15) is 23.5 Å². The molecule has 0 aliphatic rings. The predicted molar refractivity (Wildman–Crippen MR) is 57.0 cm³/mol. The Morgan fingerprint density at radius 3 is 2.86 bits per heavy atom. The van der Waals surface area contributed by atoms with Gasteiger partial charge in [0.1, 0.15) is 0 Å². The maximum absolute atomic E-state index is 5.82. The summed E-state index contributed by atoms with van der Waals surface area (Å²) in [6.45, 7) is 3.94. The van der Waals surface area contributed by atoms with Crippen LogP contribution in [0.4, 0.5) is 0 Å². The van der Waals surface area contributed by atoms with Crippen LogP contribution in [-0.4, -0.2) is 15.0 Å². The Morgan fingerprint density at radius 2 is 2.36 bits per heavy atom. The van der Waals surface area contributed by atoms with Crippen molar-refractivity contribution < 1.29 is 0 Å². The Labute approximate surface area is 86.2 Å². The van der Waals surface area contributed by atoms with E-state index in [4.69, 9.17) is 5.73 Å². The molecule has 2 aromatic rings. The number of H-pyrrole nitrogens is 1. The molecule has 1 atom stereocenters. The van der Waals surface area contributed by atoms with Crippen LogP contribution in [0.15, 0.2) is 12.4 Å². The molecule has 5 heteroatoms. The van der Waals surface area contributed by atoms with Crippen LogP contribution in [0.2, 0.25) is 0 Å². The molecule has 4 nitrogen and oxygen atoms in total. The molecule has 0 aliphatic carbocycles. The standard InChI is InChI=1S/C9H12N4S/c1-5(10)7-6(2)13-9(14-7)8-11-3-4-12-8/h3-5H,10H2,1-2H3,(H,11,12). The number of rotatable bonds is 2. The number of nitrogens with one attached hydrogen (secondary N) is 1. The molecular formula is C9H12N4S. The lowest BCUT2D eigenvalue weighted by Gasteiger charge is -1.99. The smallest absolute Gasteiger partial charge is 0.166 e. The predicted octanol–water partition coefficient (Wildman–Crippen LogP) is 1.86. The van der Waals surface area contributed by atoms with Gasteiger partial charge in [0.25, 0.3) is 0 Å². The van der Waals surface area contributed by atoms with Crippen molar-refractivity contribution in [3.63, 3.8) is 0 Å². The van der Waals surface area contributed by atoms with Crippen molar-refractivity contribution in [2.75, 3.05) is 0 Å². The molecule has 0 bridgehead atoms. The zero-order chi connectivity index (χ0) is 10.1. The third kappa shape index (κ3) is 1.56. The molecule has 0 saturated heterocycles. The topological polar surface area (TPSA) is 67.6 Å². The second kappa shape index (κ2) is 3.51. The summed E-state index contributed by atoms with van der Waals surface area (Å²) in [6.07, 6.45) is 3.51. The van der Waals surface area contributed by atoms with Crippen molar-refractivity contribution in [2.45, 2.75) is 19.9 Å². The van der Waals surface area contributed by atoms with E-state index in [1.807, 2.05) is 13.8 Å². The molecule has 0 aliphatic heterocycles. The monoisotopic (exact) mass is 208 g/mol. The summed E-state index contributed by atoms with van der Waals surface area (Å²) < 4.78 is 0. The van der Waals surface area contributed by atoms with E-state index in [0.29, 0.717) is 0 Å². The minimum Gasteiger partial charge on any atom is -0.343 e. The van der Waals surface area contributed by atoms with E-state index in [0.717, 1.165) is 21.4 Å². The minimum atomic E-state index is 0.0382. The van der Waals surface area contributed by atoms with Gasteiger partial charge in [0, 0.05) is 23.3 Å². The van der Waals surface area contributed by atoms with Crippen molar-refractivity contribution in [2.24, 2.45) is 5.73 Å². The summed E-state index contributed by atoms with van der Waals surface area (Å²) in [7, 11) is 0. The van der Waals surface area contributed by atoms with Gasteiger partial charge < -0.3 is 10.7 Å². The van der Waals surface area contributed by atoms with Gasteiger partial charge in [-0.05, 0) is 13.8 Å². The Balaban J connectivity index is 2.43. The lowest BCUT2D eigenvalue weighted by Crippen LogP contribution is -2.03. The molecule has 3 N–H and O–H groups in total. The van der Waals surface area contributed by atoms with E-state index < -0.39 is 0 Å². The van der Waals surface area contributed by atoms with E-state index in [1.54, 1.807) is 23.7 Å². The molecular weight excluding hydrogens is 196 g/mol. The number of nitrogens with zero attached hydrogens (tertiary/aromatic N) is 2. The summed E-state index contributed by atoms with van der Waals surface area (Å²) in [5, 5.41) is 0.903. The SMILES string of the molecule is Cc1nc(-c2ncc[nH]2)sc1C(C)N. The second-order valence-corrected chi connectivity index (χ2v) is 4.23. The first-order valence-electron chi connectivity index (χ1n) is 4.41. The molecule has 2 heterocycles. The largest absolute Gasteiger partial charge is 0.343 e. The summed E-state index contributed by atoms with van der Waals surface area (Å²) >= 11 is 1.60. The van der Waals surface area contributed by atoms with Gasteiger partial charge in [0.15, 0.2) is 10.8 Å². The number of hydrogen-bond donors (Lipinski definition) is 2. The van der Waals surface area contributed by atoms with Crippen molar-refractivity contribution in [3.8, 4) is 10.8 Å². The molecule has 0 fully saturated rings. The van der Waals surface area contributed by atoms with Gasteiger partial charge in [-0.25, -0.2) is 9.97 Å².